The summed E-state index contributed by atoms with van der Waals surface area (Å²) >= 11 is 0. The summed E-state index contributed by atoms with van der Waals surface area (Å²) in [5, 5.41) is 0. The smallest absolute Gasteiger partial charge is 0.305 e. The zero-order valence-electron chi connectivity index (χ0n) is 18.4. The van der Waals surface area contributed by atoms with Crippen molar-refractivity contribution >= 4 is 5.97 Å². The first-order valence-corrected chi connectivity index (χ1v) is 10.7. The van der Waals surface area contributed by atoms with E-state index in [1.54, 1.807) is 6.20 Å². The molecule has 158 valence electrons. The van der Waals surface area contributed by atoms with Gasteiger partial charge in [-0.3, -0.25) is 4.79 Å². The fourth-order valence-corrected chi connectivity index (χ4v) is 3.52. The molecule has 2 aromatic rings. The van der Waals surface area contributed by atoms with E-state index in [2.05, 4.69) is 54.7 Å². The summed E-state index contributed by atoms with van der Waals surface area (Å²) in [4.78, 5) is 20.3. The van der Waals surface area contributed by atoms with Crippen molar-refractivity contribution in [1.82, 2.24) is 9.97 Å². The maximum atomic E-state index is 11.4. The van der Waals surface area contributed by atoms with Crippen LogP contribution in [0.5, 0.6) is 5.75 Å². The van der Waals surface area contributed by atoms with Crippen LogP contribution >= 0.6 is 0 Å². The average Bonchev–Trinajstić information content (AvgIpc) is 2.70. The number of hydrogen-bond acceptors (Lipinski definition) is 5. The van der Waals surface area contributed by atoms with E-state index in [0.717, 1.165) is 55.0 Å². The number of aromatic nitrogens is 2. The first-order valence-electron chi connectivity index (χ1n) is 10.7. The molecule has 5 nitrogen and oxygen atoms in total. The predicted molar refractivity (Wildman–Crippen MR) is 117 cm³/mol. The van der Waals surface area contributed by atoms with Crippen LogP contribution in [0.3, 0.4) is 0 Å². The van der Waals surface area contributed by atoms with Gasteiger partial charge in [0.25, 0.3) is 0 Å². The second-order valence-corrected chi connectivity index (χ2v) is 8.27. The average molecular weight is 407 g/mol. The molecule has 0 aliphatic carbocycles. The van der Waals surface area contributed by atoms with E-state index >= 15 is 0 Å². The van der Waals surface area contributed by atoms with E-state index in [1.807, 2.05) is 13.0 Å². The van der Waals surface area contributed by atoms with Gasteiger partial charge in [-0.2, -0.15) is 0 Å². The molecule has 0 bridgehead atoms. The number of hydrogen-bond donors (Lipinski definition) is 0. The van der Waals surface area contributed by atoms with Crippen LogP contribution in [0.25, 0.3) is 0 Å². The van der Waals surface area contributed by atoms with Crippen LogP contribution in [0, 0.1) is 18.8 Å². The highest BCUT2D eigenvalue weighted by molar-refractivity contribution is 5.69. The Morgan fingerprint density at radius 1 is 1.27 bits per heavy atom. The molecule has 0 amide bonds. The topological polar surface area (TPSA) is 61.3 Å². The number of ether oxygens (including phenoxy) is 2. The standard InChI is InChI=1S/C25H30N2O3/c1-5-29-24(28)9-7-6-8-23-26-14-12-20(27-23)11-10-19-17-21-22(16-18(19)2)30-15-13-25(21,3)4/h12,14,16-17H,5-9,13,15H2,1-4H3. The SMILES string of the molecule is CCOC(=O)CCCCc1nccc(C#Cc2cc3c(cc2C)OCCC3(C)C)n1. The maximum absolute atomic E-state index is 11.4. The lowest BCUT2D eigenvalue weighted by molar-refractivity contribution is -0.143. The van der Waals surface area contributed by atoms with Gasteiger partial charge >= 0.3 is 5.97 Å². The van der Waals surface area contributed by atoms with Crippen molar-refractivity contribution in [3.8, 4) is 17.6 Å². The minimum absolute atomic E-state index is 0.0867. The van der Waals surface area contributed by atoms with Gasteiger partial charge in [0.15, 0.2) is 0 Å². The number of fused-ring (bicyclic) bond motifs is 1. The number of rotatable bonds is 6. The third-order valence-corrected chi connectivity index (χ3v) is 5.41. The molecular formula is C25H30N2O3. The maximum Gasteiger partial charge on any atom is 0.305 e. The summed E-state index contributed by atoms with van der Waals surface area (Å²) in [7, 11) is 0. The van der Waals surface area contributed by atoms with Crippen LogP contribution in [0.2, 0.25) is 0 Å². The molecule has 0 saturated carbocycles. The van der Waals surface area contributed by atoms with Gasteiger partial charge in [-0.15, -0.1) is 0 Å². The third-order valence-electron chi connectivity index (χ3n) is 5.41. The Morgan fingerprint density at radius 3 is 2.90 bits per heavy atom. The molecule has 0 fully saturated rings. The van der Waals surface area contributed by atoms with Gasteiger partial charge in [-0.05, 0) is 68.2 Å². The number of unbranched alkanes of at least 4 members (excludes halogenated alkanes) is 1. The largest absolute Gasteiger partial charge is 0.493 e. The Bertz CT molecular complexity index is 970. The van der Waals surface area contributed by atoms with Gasteiger partial charge in [-0.25, -0.2) is 9.97 Å². The van der Waals surface area contributed by atoms with Crippen LogP contribution < -0.4 is 4.74 Å². The molecule has 0 radical (unpaired) electrons. The summed E-state index contributed by atoms with van der Waals surface area (Å²) in [6.45, 7) is 9.56. The summed E-state index contributed by atoms with van der Waals surface area (Å²) in [5.41, 5.74) is 4.12. The minimum Gasteiger partial charge on any atom is -0.493 e. The molecule has 30 heavy (non-hydrogen) atoms. The summed E-state index contributed by atoms with van der Waals surface area (Å²) in [5.74, 6) is 8.05. The van der Waals surface area contributed by atoms with Crippen molar-refractivity contribution in [3.63, 3.8) is 0 Å². The Kier molecular flexibility index (Phi) is 7.10. The van der Waals surface area contributed by atoms with Crippen LogP contribution in [-0.4, -0.2) is 29.2 Å². The van der Waals surface area contributed by atoms with Crippen molar-refractivity contribution in [2.45, 2.75) is 65.2 Å². The van der Waals surface area contributed by atoms with Crippen molar-refractivity contribution in [1.29, 1.82) is 0 Å². The first kappa shape index (κ1) is 21.8. The fourth-order valence-electron chi connectivity index (χ4n) is 3.52. The highest BCUT2D eigenvalue weighted by Crippen LogP contribution is 2.39. The van der Waals surface area contributed by atoms with Gasteiger partial charge in [0, 0.05) is 30.2 Å². The van der Waals surface area contributed by atoms with Crippen LogP contribution in [0.4, 0.5) is 0 Å². The van der Waals surface area contributed by atoms with E-state index in [0.29, 0.717) is 18.7 Å². The number of carbonyl (C=O) groups is 1. The van der Waals surface area contributed by atoms with E-state index in [-0.39, 0.29) is 11.4 Å². The zero-order chi connectivity index (χ0) is 21.6. The van der Waals surface area contributed by atoms with Gasteiger partial charge in [0.05, 0.1) is 13.2 Å². The lowest BCUT2D eigenvalue weighted by atomic mass is 9.78. The molecule has 1 aromatic heterocycles. The van der Waals surface area contributed by atoms with Crippen molar-refractivity contribution < 1.29 is 14.3 Å². The molecule has 2 heterocycles. The quantitative estimate of drug-likeness (QED) is 0.401. The Hall–Kier alpha value is -2.87. The van der Waals surface area contributed by atoms with Gasteiger partial charge < -0.3 is 9.47 Å². The number of benzene rings is 1. The Labute approximate surface area is 179 Å². The van der Waals surface area contributed by atoms with Gasteiger partial charge in [0.2, 0.25) is 0 Å². The van der Waals surface area contributed by atoms with E-state index in [1.165, 1.54) is 5.56 Å². The minimum atomic E-state index is -0.146. The molecule has 0 saturated heterocycles. The number of esters is 1. The molecule has 5 heteroatoms. The van der Waals surface area contributed by atoms with Gasteiger partial charge in [-0.1, -0.05) is 19.8 Å². The summed E-state index contributed by atoms with van der Waals surface area (Å²) in [6.07, 6.45) is 5.51. The molecule has 1 aliphatic rings. The van der Waals surface area contributed by atoms with E-state index in [9.17, 15) is 4.79 Å². The molecule has 3 rings (SSSR count). The summed E-state index contributed by atoms with van der Waals surface area (Å²) in [6, 6.07) is 6.08. The number of aryl methyl sites for hydroxylation is 2. The Balaban J connectivity index is 1.68. The first-order chi connectivity index (χ1) is 14.4. The highest BCUT2D eigenvalue weighted by Gasteiger charge is 2.29. The lowest BCUT2D eigenvalue weighted by Crippen LogP contribution is -2.26. The zero-order valence-corrected chi connectivity index (χ0v) is 18.4. The molecule has 0 unspecified atom stereocenters. The molecule has 1 aliphatic heterocycles. The van der Waals surface area contributed by atoms with Crippen LogP contribution in [0.1, 0.15) is 74.7 Å². The second kappa shape index (κ2) is 9.75. The molecule has 1 aromatic carbocycles. The van der Waals surface area contributed by atoms with E-state index < -0.39 is 0 Å². The Morgan fingerprint density at radius 2 is 2.10 bits per heavy atom. The third kappa shape index (κ3) is 5.60. The molecular weight excluding hydrogens is 376 g/mol. The molecule has 0 N–H and O–H groups in total. The predicted octanol–water partition coefficient (Wildman–Crippen LogP) is 4.52. The normalized spacial score (nSPS) is 14.1. The van der Waals surface area contributed by atoms with Crippen molar-refractivity contribution in [2.75, 3.05) is 13.2 Å². The van der Waals surface area contributed by atoms with E-state index in [4.69, 9.17) is 9.47 Å². The van der Waals surface area contributed by atoms with Crippen molar-refractivity contribution in [2.24, 2.45) is 0 Å². The molecule has 0 atom stereocenters. The van der Waals surface area contributed by atoms with Crippen molar-refractivity contribution in [3.05, 3.63) is 52.6 Å². The van der Waals surface area contributed by atoms with Crippen LogP contribution in [0.15, 0.2) is 24.4 Å². The van der Waals surface area contributed by atoms with Gasteiger partial charge in [0.1, 0.15) is 17.3 Å². The number of carbonyl (C=O) groups excluding carboxylic acids is 1. The second-order valence-electron chi connectivity index (χ2n) is 8.27. The highest BCUT2D eigenvalue weighted by atomic mass is 16.5. The molecule has 0 spiro atoms. The monoisotopic (exact) mass is 406 g/mol. The fraction of sp³-hybridized carbons (Fsp3) is 0.480. The van der Waals surface area contributed by atoms with Crippen LogP contribution in [-0.2, 0) is 21.4 Å². The summed E-state index contributed by atoms with van der Waals surface area (Å²) < 4.78 is 10.8. The number of nitrogens with zero attached hydrogens (tertiary/aromatic N) is 2. The lowest BCUT2D eigenvalue weighted by Gasteiger charge is -2.33.